The van der Waals surface area contributed by atoms with Crippen molar-refractivity contribution in [3.8, 4) is 0 Å². The Hall–Kier alpha value is -1.64. The quantitative estimate of drug-likeness (QED) is 0.809. The number of benzene rings is 2. The highest BCUT2D eigenvalue weighted by molar-refractivity contribution is 5.35. The van der Waals surface area contributed by atoms with Gasteiger partial charge in [-0.05, 0) is 23.0 Å². The molecule has 0 aliphatic heterocycles. The highest BCUT2D eigenvalue weighted by atomic mass is 16.4. The summed E-state index contributed by atoms with van der Waals surface area (Å²) in [5.41, 5.74) is -0.573. The van der Waals surface area contributed by atoms with Crippen LogP contribution in [0.1, 0.15) is 38.8 Å². The number of hydrogen-bond donors (Lipinski definition) is 2. The Kier molecular flexibility index (Phi) is 3.96. The first kappa shape index (κ1) is 14.0. The lowest BCUT2D eigenvalue weighted by molar-refractivity contribution is -0.212. The standard InChI is InChI=1S/C20H26O2/c1-15(2)19(21,17-11-7-5-8-12-17)20(22,16(3)4)18-13-9-6-10-14-18/h5-16,21-22H,1-4H3/t19-,20-/m1/s1/i21D,22D. The molecule has 0 amide bonds. The lowest BCUT2D eigenvalue weighted by Crippen LogP contribution is -2.55. The third kappa shape index (κ3) is 2.47. The summed E-state index contributed by atoms with van der Waals surface area (Å²) >= 11 is 0. The fourth-order valence-corrected chi connectivity index (χ4v) is 3.32. The van der Waals surface area contributed by atoms with Crippen LogP contribution in [0.4, 0.5) is 0 Å². The lowest BCUT2D eigenvalue weighted by atomic mass is 9.63. The van der Waals surface area contributed by atoms with E-state index in [0.29, 0.717) is 0 Å². The van der Waals surface area contributed by atoms with E-state index in [1.807, 2.05) is 88.4 Å². The normalized spacial score (nSPS) is 18.5. The smallest absolute Gasteiger partial charge is 0.212 e. The maximum atomic E-state index is 8.01. The SMILES string of the molecule is [2H]O[C@@](c1ccccc1)(C(C)C)[C@](O[2H])(c1ccccc1)C(C)C. The Bertz CT molecular complexity index is 573. The van der Waals surface area contributed by atoms with Gasteiger partial charge in [0.2, 0.25) is 2.86 Å². The van der Waals surface area contributed by atoms with Crippen LogP contribution in [0.3, 0.4) is 0 Å². The number of hydrogen-bond acceptors (Lipinski definition) is 2. The molecule has 0 aliphatic rings. The van der Waals surface area contributed by atoms with Crippen molar-refractivity contribution in [2.75, 3.05) is 0 Å². The molecule has 22 heavy (non-hydrogen) atoms. The van der Waals surface area contributed by atoms with Gasteiger partial charge in [0.05, 0.1) is 0 Å². The van der Waals surface area contributed by atoms with Crippen molar-refractivity contribution in [1.29, 1.82) is 2.86 Å². The Morgan fingerprint density at radius 1 is 0.682 bits per heavy atom. The maximum absolute atomic E-state index is 8.01. The molecule has 0 fully saturated rings. The molecular formula is C20H26O2. The van der Waals surface area contributed by atoms with Gasteiger partial charge in [0.1, 0.15) is 11.2 Å². The van der Waals surface area contributed by atoms with E-state index < -0.39 is 11.2 Å². The van der Waals surface area contributed by atoms with Crippen LogP contribution in [-0.2, 0) is 11.2 Å². The van der Waals surface area contributed by atoms with E-state index in [1.165, 1.54) is 0 Å². The van der Waals surface area contributed by atoms with Gasteiger partial charge < -0.3 is 10.2 Å². The van der Waals surface area contributed by atoms with Gasteiger partial charge in [-0.15, -0.1) is 0 Å². The minimum atomic E-state index is -1.12. The monoisotopic (exact) mass is 300 g/mol. The van der Waals surface area contributed by atoms with Crippen LogP contribution in [-0.4, -0.2) is 13.1 Å². The highest BCUT2D eigenvalue weighted by Gasteiger charge is 2.55. The molecule has 2 heteroatoms. The molecular weight excluding hydrogens is 272 g/mol. The summed E-state index contributed by atoms with van der Waals surface area (Å²) in [5, 5.41) is 10.9. The minimum Gasteiger partial charge on any atom is -0.381 e. The molecule has 0 bridgehead atoms. The van der Waals surface area contributed by atoms with E-state index in [4.69, 9.17) is 13.1 Å². The Balaban J connectivity index is 2.86. The number of aliphatic hydroxyl groups is 2. The fraction of sp³-hybridized carbons (Fsp3) is 0.400. The molecule has 2 atom stereocenters. The van der Waals surface area contributed by atoms with E-state index in [-0.39, 0.29) is 11.8 Å². The van der Waals surface area contributed by atoms with Crippen molar-refractivity contribution in [2.45, 2.75) is 38.9 Å². The highest BCUT2D eigenvalue weighted by Crippen LogP contribution is 2.49. The van der Waals surface area contributed by atoms with E-state index in [2.05, 4.69) is 0 Å². The Morgan fingerprint density at radius 2 is 1.00 bits per heavy atom. The Labute approximate surface area is 136 Å². The second-order valence-electron chi connectivity index (χ2n) is 6.51. The topological polar surface area (TPSA) is 40.5 Å². The van der Waals surface area contributed by atoms with Crippen LogP contribution >= 0.6 is 0 Å². The molecule has 0 aliphatic carbocycles. The van der Waals surface area contributed by atoms with Gasteiger partial charge in [-0.25, -0.2) is 0 Å². The molecule has 2 N–H and O–H groups in total. The second-order valence-corrected chi connectivity index (χ2v) is 6.51. The predicted molar refractivity (Wildman–Crippen MR) is 90.4 cm³/mol. The van der Waals surface area contributed by atoms with Crippen molar-refractivity contribution in [3.05, 3.63) is 71.8 Å². The first-order valence-electron chi connectivity index (χ1n) is 8.68. The third-order valence-electron chi connectivity index (χ3n) is 4.58. The molecule has 0 aromatic heterocycles. The van der Waals surface area contributed by atoms with E-state index in [0.717, 1.165) is 11.1 Å². The Morgan fingerprint density at radius 3 is 1.23 bits per heavy atom. The summed E-state index contributed by atoms with van der Waals surface area (Å²) in [6, 6.07) is 19.3. The second kappa shape index (κ2) is 6.23. The molecule has 0 spiro atoms. The minimum absolute atomic E-state index is 0.0923. The van der Waals surface area contributed by atoms with Gasteiger partial charge in [0.15, 0.2) is 0 Å². The lowest BCUT2D eigenvalue weighted by Gasteiger charge is -2.49. The van der Waals surface area contributed by atoms with Crippen molar-refractivity contribution in [2.24, 2.45) is 11.8 Å². The number of rotatable bonds is 7. The van der Waals surface area contributed by atoms with E-state index in [1.54, 1.807) is 0 Å². The summed E-state index contributed by atoms with van der Waals surface area (Å²) in [5.74, 6) is -0.185. The molecule has 0 radical (unpaired) electrons. The largest absolute Gasteiger partial charge is 0.381 e. The first-order valence-corrected chi connectivity index (χ1v) is 7.87. The molecule has 0 saturated carbocycles. The summed E-state index contributed by atoms with van der Waals surface area (Å²) < 4.78 is 16.0. The van der Waals surface area contributed by atoms with Gasteiger partial charge in [-0.1, -0.05) is 88.4 Å². The zero-order chi connectivity index (χ0) is 17.8. The zero-order valence-corrected chi connectivity index (χ0v) is 13.7. The molecule has 0 saturated heterocycles. The zero-order valence-electron chi connectivity index (χ0n) is 15.7. The fourth-order valence-electron chi connectivity index (χ4n) is 3.32. The maximum Gasteiger partial charge on any atom is 0.212 e. The molecule has 2 rings (SSSR count). The average molecular weight is 300 g/mol. The van der Waals surface area contributed by atoms with Crippen LogP contribution < -0.4 is 0 Å². The molecule has 0 heterocycles. The van der Waals surface area contributed by atoms with Gasteiger partial charge in [-0.2, -0.15) is 0 Å². The van der Waals surface area contributed by atoms with E-state index >= 15 is 0 Å². The van der Waals surface area contributed by atoms with Crippen molar-refractivity contribution < 1.29 is 10.2 Å². The van der Waals surface area contributed by atoms with Gasteiger partial charge in [0.25, 0.3) is 0 Å². The summed E-state index contributed by atoms with van der Waals surface area (Å²) in [4.78, 5) is 0. The molecule has 2 aromatic rings. The molecule has 118 valence electrons. The van der Waals surface area contributed by atoms with Gasteiger partial charge in [-0.3, -0.25) is 0 Å². The predicted octanol–water partition coefficient (Wildman–Crippen LogP) is 4.07. The van der Waals surface area contributed by atoms with Crippen LogP contribution in [0.15, 0.2) is 60.7 Å². The first-order chi connectivity index (χ1) is 11.5. The van der Waals surface area contributed by atoms with E-state index in [9.17, 15) is 0 Å². The van der Waals surface area contributed by atoms with Gasteiger partial charge in [0, 0.05) is 0 Å². The summed E-state index contributed by atoms with van der Waals surface area (Å²) in [6.45, 7) is 8.00. The van der Waals surface area contributed by atoms with Crippen LogP contribution in [0, 0.1) is 11.8 Å². The van der Waals surface area contributed by atoms with Crippen molar-refractivity contribution >= 4 is 0 Å². The van der Waals surface area contributed by atoms with Gasteiger partial charge >= 0.3 is 0 Å². The van der Waals surface area contributed by atoms with Crippen LogP contribution in [0.2, 0.25) is 0 Å². The average Bonchev–Trinajstić information content (AvgIpc) is 2.60. The third-order valence-corrected chi connectivity index (χ3v) is 4.58. The summed E-state index contributed by atoms with van der Waals surface area (Å²) in [7, 11) is 0. The molecule has 0 unspecified atom stereocenters. The molecule has 2 aromatic carbocycles. The van der Waals surface area contributed by atoms with Crippen LogP contribution in [0.5, 0.6) is 0 Å². The summed E-state index contributed by atoms with van der Waals surface area (Å²) in [6.07, 6.45) is 0. The van der Waals surface area contributed by atoms with Crippen LogP contribution in [0.25, 0.3) is 0 Å². The van der Waals surface area contributed by atoms with Crippen molar-refractivity contribution in [3.63, 3.8) is 0 Å². The van der Waals surface area contributed by atoms with Crippen molar-refractivity contribution in [1.82, 2.24) is 0 Å². The molecule has 2 nitrogen and oxygen atoms in total.